The lowest BCUT2D eigenvalue weighted by atomic mass is 9.76. The number of hydrogen-bond donors (Lipinski definition) is 1. The minimum absolute atomic E-state index is 0.328. The van der Waals surface area contributed by atoms with Gasteiger partial charge in [-0.2, -0.15) is 0 Å². The molecule has 1 aromatic heterocycles. The molecule has 1 saturated carbocycles. The lowest BCUT2D eigenvalue weighted by Gasteiger charge is -2.31. The smallest absolute Gasteiger partial charge is 0.0937 e. The minimum Gasteiger partial charge on any atom is -0.472 e. The Balaban J connectivity index is 2.12. The zero-order valence-electron chi connectivity index (χ0n) is 8.07. The predicted molar refractivity (Wildman–Crippen MR) is 52.4 cm³/mol. The fourth-order valence-corrected chi connectivity index (χ4v) is 2.27. The van der Waals surface area contributed by atoms with Gasteiger partial charge >= 0.3 is 0 Å². The van der Waals surface area contributed by atoms with Crippen molar-refractivity contribution in [2.24, 2.45) is 11.7 Å². The normalized spacial score (nSPS) is 34.8. The van der Waals surface area contributed by atoms with Gasteiger partial charge in [-0.15, -0.1) is 0 Å². The molecule has 0 bridgehead atoms. The quantitative estimate of drug-likeness (QED) is 0.719. The van der Waals surface area contributed by atoms with E-state index in [9.17, 15) is 0 Å². The van der Waals surface area contributed by atoms with Crippen molar-refractivity contribution in [2.75, 3.05) is 0 Å². The first-order valence-corrected chi connectivity index (χ1v) is 5.05. The van der Waals surface area contributed by atoms with Crippen LogP contribution in [0.1, 0.15) is 37.7 Å². The molecule has 2 N–H and O–H groups in total. The summed E-state index contributed by atoms with van der Waals surface area (Å²) in [4.78, 5) is 0. The fourth-order valence-electron chi connectivity index (χ4n) is 2.27. The third kappa shape index (κ3) is 1.78. The summed E-state index contributed by atoms with van der Waals surface area (Å²) in [6.07, 6.45) is 7.21. The van der Waals surface area contributed by atoms with Gasteiger partial charge < -0.3 is 10.2 Å². The van der Waals surface area contributed by atoms with Gasteiger partial charge in [0.05, 0.1) is 12.5 Å². The van der Waals surface area contributed by atoms with Crippen LogP contribution in [0.15, 0.2) is 23.0 Å². The van der Waals surface area contributed by atoms with Crippen molar-refractivity contribution in [1.29, 1.82) is 0 Å². The molecule has 2 nitrogen and oxygen atoms in total. The van der Waals surface area contributed by atoms with Crippen LogP contribution in [0.4, 0.5) is 0 Å². The molecule has 0 radical (unpaired) electrons. The van der Waals surface area contributed by atoms with Gasteiger partial charge in [0.1, 0.15) is 0 Å². The summed E-state index contributed by atoms with van der Waals surface area (Å²) in [6.45, 7) is 2.30. The highest BCUT2D eigenvalue weighted by Crippen LogP contribution is 2.35. The maximum Gasteiger partial charge on any atom is 0.0937 e. The molecule has 0 spiro atoms. The molecule has 0 saturated heterocycles. The lowest BCUT2D eigenvalue weighted by molar-refractivity contribution is 0.305. The van der Waals surface area contributed by atoms with Crippen molar-refractivity contribution in [2.45, 2.75) is 38.1 Å². The standard InChI is InChI=1S/C11H17NO/c1-8-2-3-11(12)10(6-8)9-4-5-13-7-9/h4-5,7-8,10-11H,2-3,6,12H2,1H3. The SMILES string of the molecule is CC1CCC(N)C(c2ccoc2)C1. The third-order valence-electron chi connectivity index (χ3n) is 3.14. The first-order valence-electron chi connectivity index (χ1n) is 5.05. The second kappa shape index (κ2) is 3.54. The number of furan rings is 1. The topological polar surface area (TPSA) is 39.2 Å². The monoisotopic (exact) mass is 179 g/mol. The van der Waals surface area contributed by atoms with Gasteiger partial charge in [0.2, 0.25) is 0 Å². The molecule has 1 aliphatic carbocycles. The van der Waals surface area contributed by atoms with E-state index in [1.165, 1.54) is 18.4 Å². The van der Waals surface area contributed by atoms with Gasteiger partial charge in [-0.05, 0) is 36.8 Å². The van der Waals surface area contributed by atoms with Crippen molar-refractivity contribution >= 4 is 0 Å². The zero-order chi connectivity index (χ0) is 9.26. The lowest BCUT2D eigenvalue weighted by Crippen LogP contribution is -2.33. The van der Waals surface area contributed by atoms with E-state index in [2.05, 4.69) is 6.92 Å². The average molecular weight is 179 g/mol. The van der Waals surface area contributed by atoms with E-state index in [-0.39, 0.29) is 0 Å². The van der Waals surface area contributed by atoms with Crippen molar-refractivity contribution in [3.05, 3.63) is 24.2 Å². The maximum absolute atomic E-state index is 6.09. The Hall–Kier alpha value is -0.760. The summed E-state index contributed by atoms with van der Waals surface area (Å²) in [5, 5.41) is 0. The fraction of sp³-hybridized carbons (Fsp3) is 0.636. The molecule has 1 fully saturated rings. The molecule has 13 heavy (non-hydrogen) atoms. The van der Waals surface area contributed by atoms with Gasteiger partial charge in [-0.3, -0.25) is 0 Å². The molecule has 2 rings (SSSR count). The predicted octanol–water partition coefficient (Wildman–Crippen LogP) is 2.51. The van der Waals surface area contributed by atoms with E-state index in [0.717, 1.165) is 12.3 Å². The third-order valence-corrected chi connectivity index (χ3v) is 3.14. The molecule has 1 aliphatic rings. The number of hydrogen-bond acceptors (Lipinski definition) is 2. The van der Waals surface area contributed by atoms with Crippen LogP contribution in [0.25, 0.3) is 0 Å². The molecule has 72 valence electrons. The molecule has 0 amide bonds. The Kier molecular flexibility index (Phi) is 2.40. The highest BCUT2D eigenvalue weighted by Gasteiger charge is 2.27. The highest BCUT2D eigenvalue weighted by molar-refractivity contribution is 5.16. The first-order chi connectivity index (χ1) is 6.27. The summed E-state index contributed by atoms with van der Waals surface area (Å²) in [7, 11) is 0. The highest BCUT2D eigenvalue weighted by atomic mass is 16.3. The van der Waals surface area contributed by atoms with Gasteiger partial charge in [-0.25, -0.2) is 0 Å². The molecular weight excluding hydrogens is 162 g/mol. The van der Waals surface area contributed by atoms with E-state index in [0.29, 0.717) is 12.0 Å². The van der Waals surface area contributed by atoms with Crippen LogP contribution in [0.3, 0.4) is 0 Å². The van der Waals surface area contributed by atoms with Crippen LogP contribution < -0.4 is 5.73 Å². The Morgan fingerprint density at radius 2 is 2.31 bits per heavy atom. The van der Waals surface area contributed by atoms with Crippen molar-refractivity contribution in [3.63, 3.8) is 0 Å². The van der Waals surface area contributed by atoms with E-state index >= 15 is 0 Å². The van der Waals surface area contributed by atoms with E-state index in [4.69, 9.17) is 10.2 Å². The Bertz CT molecular complexity index is 255. The molecule has 3 atom stereocenters. The van der Waals surface area contributed by atoms with Crippen molar-refractivity contribution in [1.82, 2.24) is 0 Å². The molecule has 0 aromatic carbocycles. The van der Waals surface area contributed by atoms with Crippen LogP contribution in [0.5, 0.6) is 0 Å². The summed E-state index contributed by atoms with van der Waals surface area (Å²) in [6, 6.07) is 2.37. The van der Waals surface area contributed by atoms with Gasteiger partial charge in [0.15, 0.2) is 0 Å². The number of nitrogens with two attached hydrogens (primary N) is 1. The summed E-state index contributed by atoms with van der Waals surface area (Å²) >= 11 is 0. The molecule has 2 heteroatoms. The Labute approximate surface area is 79.1 Å². The van der Waals surface area contributed by atoms with Crippen LogP contribution in [-0.4, -0.2) is 6.04 Å². The molecular formula is C11H17NO. The van der Waals surface area contributed by atoms with E-state index < -0.39 is 0 Å². The molecule has 1 heterocycles. The largest absolute Gasteiger partial charge is 0.472 e. The zero-order valence-corrected chi connectivity index (χ0v) is 8.07. The van der Waals surface area contributed by atoms with E-state index in [1.807, 2.05) is 12.3 Å². The van der Waals surface area contributed by atoms with Crippen molar-refractivity contribution in [3.8, 4) is 0 Å². The first kappa shape index (κ1) is 8.82. The maximum atomic E-state index is 6.09. The average Bonchev–Trinajstić information content (AvgIpc) is 2.61. The summed E-state index contributed by atoms with van der Waals surface area (Å²) in [5.74, 6) is 1.32. The molecule has 3 unspecified atom stereocenters. The Morgan fingerprint density at radius 3 is 3.00 bits per heavy atom. The van der Waals surface area contributed by atoms with Crippen LogP contribution >= 0.6 is 0 Å². The number of rotatable bonds is 1. The van der Waals surface area contributed by atoms with Crippen LogP contribution in [0.2, 0.25) is 0 Å². The van der Waals surface area contributed by atoms with Crippen LogP contribution in [0, 0.1) is 5.92 Å². The second-order valence-corrected chi connectivity index (χ2v) is 4.25. The van der Waals surface area contributed by atoms with Gasteiger partial charge in [0.25, 0.3) is 0 Å². The molecule has 0 aliphatic heterocycles. The minimum atomic E-state index is 0.328. The second-order valence-electron chi connectivity index (χ2n) is 4.25. The Morgan fingerprint density at radius 1 is 1.46 bits per heavy atom. The van der Waals surface area contributed by atoms with Crippen LogP contribution in [-0.2, 0) is 0 Å². The summed E-state index contributed by atoms with van der Waals surface area (Å²) in [5.41, 5.74) is 7.37. The van der Waals surface area contributed by atoms with Gasteiger partial charge in [-0.1, -0.05) is 6.92 Å². The molecule has 1 aromatic rings. The van der Waals surface area contributed by atoms with E-state index in [1.54, 1.807) is 6.26 Å². The van der Waals surface area contributed by atoms with Gasteiger partial charge in [0, 0.05) is 12.0 Å². The summed E-state index contributed by atoms with van der Waals surface area (Å²) < 4.78 is 5.10. The van der Waals surface area contributed by atoms with Crippen molar-refractivity contribution < 1.29 is 4.42 Å².